The number of nitrogens with zero attached hydrogens (tertiary/aromatic N) is 1. The van der Waals surface area contributed by atoms with Gasteiger partial charge in [0.05, 0.1) is 16.0 Å². The summed E-state index contributed by atoms with van der Waals surface area (Å²) in [5.41, 5.74) is 7.04. The number of nitro groups is 1. The Kier molecular flexibility index (Phi) is 3.39. The lowest BCUT2D eigenvalue weighted by atomic mass is 9.78. The molecular weight excluding hydrogens is 262 g/mol. The zero-order chi connectivity index (χ0) is 15.1. The van der Waals surface area contributed by atoms with Gasteiger partial charge in [0.15, 0.2) is 0 Å². The summed E-state index contributed by atoms with van der Waals surface area (Å²) >= 11 is 0. The lowest BCUT2D eigenvalue weighted by Crippen LogP contribution is -2.40. The van der Waals surface area contributed by atoms with E-state index >= 15 is 0 Å². The molecule has 0 spiro atoms. The first kappa shape index (κ1) is 14.3. The quantitative estimate of drug-likeness (QED) is 0.520. The highest BCUT2D eigenvalue weighted by Crippen LogP contribution is 2.42. The van der Waals surface area contributed by atoms with Crippen LogP contribution >= 0.6 is 0 Å². The number of allylic oxidation sites excluding steroid dienone is 1. The predicted molar refractivity (Wildman–Crippen MR) is 72.2 cm³/mol. The Labute approximate surface area is 116 Å². The zero-order valence-corrected chi connectivity index (χ0v) is 11.3. The van der Waals surface area contributed by atoms with Gasteiger partial charge in [0.2, 0.25) is 0 Å². The summed E-state index contributed by atoms with van der Waals surface area (Å²) in [7, 11) is 0. The highest BCUT2D eigenvalue weighted by atomic mass is 16.6. The molecule has 2 rings (SSSR count). The Morgan fingerprint density at radius 1 is 1.70 bits per heavy atom. The minimum Gasteiger partial charge on any atom is -0.480 e. The van der Waals surface area contributed by atoms with Gasteiger partial charge in [-0.25, -0.2) is 0 Å². The molecule has 2 aliphatic rings. The molecule has 0 aromatic rings. The van der Waals surface area contributed by atoms with Crippen LogP contribution in [-0.4, -0.2) is 27.6 Å². The standard InChI is InChI=1S/C13H17N3O4/c1-7-3-10(16(19)20)11-8(4-9(14)12(17)18)6-15-13(11,2)5-7/h3,6,9,15H,4-5,14H2,1-2H3,(H,17,18)/t9-,13?/m0/s1. The molecule has 2 atom stereocenters. The minimum atomic E-state index is -1.12. The largest absolute Gasteiger partial charge is 0.480 e. The fourth-order valence-electron chi connectivity index (χ4n) is 2.88. The molecule has 0 radical (unpaired) electrons. The zero-order valence-electron chi connectivity index (χ0n) is 11.3. The monoisotopic (exact) mass is 279 g/mol. The van der Waals surface area contributed by atoms with Gasteiger partial charge in [0.1, 0.15) is 6.04 Å². The van der Waals surface area contributed by atoms with Gasteiger partial charge < -0.3 is 16.2 Å². The summed E-state index contributed by atoms with van der Waals surface area (Å²) < 4.78 is 0. The van der Waals surface area contributed by atoms with Gasteiger partial charge in [-0.2, -0.15) is 0 Å². The number of fused-ring (bicyclic) bond motifs is 1. The van der Waals surface area contributed by atoms with Crippen LogP contribution < -0.4 is 11.1 Å². The lowest BCUT2D eigenvalue weighted by Gasteiger charge is -2.31. The van der Waals surface area contributed by atoms with Gasteiger partial charge >= 0.3 is 5.97 Å². The third-order valence-electron chi connectivity index (χ3n) is 3.66. The van der Waals surface area contributed by atoms with Crippen LogP contribution in [0.15, 0.2) is 34.7 Å². The van der Waals surface area contributed by atoms with E-state index in [0.29, 0.717) is 17.6 Å². The average Bonchev–Trinajstić information content (AvgIpc) is 2.64. The molecule has 0 saturated carbocycles. The summed E-state index contributed by atoms with van der Waals surface area (Å²) in [4.78, 5) is 21.7. The van der Waals surface area contributed by atoms with E-state index in [9.17, 15) is 14.9 Å². The predicted octanol–water partition coefficient (Wildman–Crippen LogP) is 0.915. The van der Waals surface area contributed by atoms with E-state index in [1.807, 2.05) is 13.8 Å². The van der Waals surface area contributed by atoms with E-state index in [1.165, 1.54) is 0 Å². The van der Waals surface area contributed by atoms with Crippen molar-refractivity contribution in [1.82, 2.24) is 5.32 Å². The minimum absolute atomic E-state index is 0.0186. The topological polar surface area (TPSA) is 118 Å². The van der Waals surface area contributed by atoms with E-state index < -0.39 is 22.5 Å². The molecule has 0 fully saturated rings. The summed E-state index contributed by atoms with van der Waals surface area (Å²) in [5.74, 6) is -1.12. The molecule has 4 N–H and O–H groups in total. The first-order chi connectivity index (χ1) is 9.24. The first-order valence-electron chi connectivity index (χ1n) is 6.26. The first-order valence-corrected chi connectivity index (χ1v) is 6.26. The number of carboxylic acids is 1. The van der Waals surface area contributed by atoms with Crippen molar-refractivity contribution >= 4 is 5.97 Å². The van der Waals surface area contributed by atoms with Crippen molar-refractivity contribution in [2.75, 3.05) is 0 Å². The molecule has 1 aliphatic carbocycles. The van der Waals surface area contributed by atoms with E-state index in [0.717, 1.165) is 5.57 Å². The van der Waals surface area contributed by atoms with Crippen molar-refractivity contribution in [3.63, 3.8) is 0 Å². The molecule has 0 bridgehead atoms. The number of hydrogen-bond acceptors (Lipinski definition) is 5. The molecule has 1 aliphatic heterocycles. The fourth-order valence-corrected chi connectivity index (χ4v) is 2.88. The smallest absolute Gasteiger partial charge is 0.320 e. The van der Waals surface area contributed by atoms with Crippen LogP contribution in [0.2, 0.25) is 0 Å². The van der Waals surface area contributed by atoms with Gasteiger partial charge in [-0.1, -0.05) is 5.57 Å². The van der Waals surface area contributed by atoms with Crippen molar-refractivity contribution in [3.05, 3.63) is 44.8 Å². The Hall–Kier alpha value is -2.15. The van der Waals surface area contributed by atoms with E-state index in [1.54, 1.807) is 12.3 Å². The molecule has 0 aromatic heterocycles. The van der Waals surface area contributed by atoms with Crippen LogP contribution in [0.1, 0.15) is 26.7 Å². The highest BCUT2D eigenvalue weighted by Gasteiger charge is 2.43. The second-order valence-corrected chi connectivity index (χ2v) is 5.48. The van der Waals surface area contributed by atoms with Crippen LogP contribution in [0, 0.1) is 10.1 Å². The molecular formula is C13H17N3O4. The Morgan fingerprint density at radius 3 is 2.90 bits per heavy atom. The van der Waals surface area contributed by atoms with Crippen LogP contribution in [0.25, 0.3) is 0 Å². The number of hydrogen-bond donors (Lipinski definition) is 3. The third kappa shape index (κ3) is 2.32. The molecule has 0 saturated heterocycles. The number of carboxylic acid groups (broad SMARTS) is 1. The van der Waals surface area contributed by atoms with Crippen molar-refractivity contribution in [2.45, 2.75) is 38.3 Å². The molecule has 7 nitrogen and oxygen atoms in total. The highest BCUT2D eigenvalue weighted by molar-refractivity contribution is 5.74. The molecule has 1 unspecified atom stereocenters. The van der Waals surface area contributed by atoms with Gasteiger partial charge in [-0.05, 0) is 25.8 Å². The maximum atomic E-state index is 11.3. The molecule has 108 valence electrons. The SMILES string of the molecule is CC1=CC([N+](=O)[O-])=C2C(C[C@H](N)C(=O)O)=CNC2(C)C1. The van der Waals surface area contributed by atoms with Crippen molar-refractivity contribution < 1.29 is 14.8 Å². The Morgan fingerprint density at radius 2 is 2.35 bits per heavy atom. The second-order valence-electron chi connectivity index (χ2n) is 5.48. The maximum absolute atomic E-state index is 11.3. The average molecular weight is 279 g/mol. The number of carbonyl (C=O) groups is 1. The van der Waals surface area contributed by atoms with E-state index in [2.05, 4.69) is 5.32 Å². The van der Waals surface area contributed by atoms with Gasteiger partial charge in [0, 0.05) is 18.7 Å². The summed E-state index contributed by atoms with van der Waals surface area (Å²) in [6.45, 7) is 3.71. The number of rotatable bonds is 4. The second kappa shape index (κ2) is 4.75. The lowest BCUT2D eigenvalue weighted by molar-refractivity contribution is -0.420. The summed E-state index contributed by atoms with van der Waals surface area (Å²) in [6.07, 6.45) is 3.90. The van der Waals surface area contributed by atoms with Gasteiger partial charge in [-0.3, -0.25) is 14.9 Å². The maximum Gasteiger partial charge on any atom is 0.320 e. The Bertz CT molecular complexity index is 576. The number of aliphatic carboxylic acids is 1. The van der Waals surface area contributed by atoms with Crippen LogP contribution in [0.4, 0.5) is 0 Å². The van der Waals surface area contributed by atoms with E-state index in [4.69, 9.17) is 10.8 Å². The summed E-state index contributed by atoms with van der Waals surface area (Å²) in [5, 5.41) is 23.3. The van der Waals surface area contributed by atoms with Crippen molar-refractivity contribution in [1.29, 1.82) is 0 Å². The molecule has 1 heterocycles. The van der Waals surface area contributed by atoms with Gasteiger partial charge in [0.25, 0.3) is 5.70 Å². The number of nitrogens with two attached hydrogens (primary N) is 1. The van der Waals surface area contributed by atoms with Crippen LogP contribution in [0.5, 0.6) is 0 Å². The number of nitrogens with one attached hydrogen (secondary N) is 1. The summed E-state index contributed by atoms with van der Waals surface area (Å²) in [6, 6.07) is -1.07. The third-order valence-corrected chi connectivity index (χ3v) is 3.66. The van der Waals surface area contributed by atoms with E-state index in [-0.39, 0.29) is 12.1 Å². The van der Waals surface area contributed by atoms with Crippen molar-refractivity contribution in [2.24, 2.45) is 5.73 Å². The molecule has 20 heavy (non-hydrogen) atoms. The molecule has 0 aromatic carbocycles. The normalized spacial score (nSPS) is 26.4. The van der Waals surface area contributed by atoms with Crippen LogP contribution in [-0.2, 0) is 4.79 Å². The Balaban J connectivity index is 2.44. The van der Waals surface area contributed by atoms with Crippen LogP contribution in [0.3, 0.4) is 0 Å². The molecule has 7 heteroatoms. The van der Waals surface area contributed by atoms with Gasteiger partial charge in [-0.15, -0.1) is 0 Å². The molecule has 0 amide bonds. The van der Waals surface area contributed by atoms with Crippen molar-refractivity contribution in [3.8, 4) is 0 Å². The fraction of sp³-hybridized carbons (Fsp3) is 0.462.